The average Bonchev–Trinajstić information content (AvgIpc) is 3.04. The van der Waals surface area contributed by atoms with E-state index in [1.54, 1.807) is 17.7 Å². The van der Waals surface area contributed by atoms with Crippen molar-refractivity contribution >= 4 is 0 Å². The van der Waals surface area contributed by atoms with Crippen molar-refractivity contribution in [3.05, 3.63) is 44.3 Å². The number of hydrogen-bond donors (Lipinski definition) is 0. The van der Waals surface area contributed by atoms with E-state index in [2.05, 4.69) is 10.1 Å². The lowest BCUT2D eigenvalue weighted by atomic mass is 9.80. The fraction of sp³-hybridized carbons (Fsp3) is 0.700. The summed E-state index contributed by atoms with van der Waals surface area (Å²) in [5.41, 5.74) is 0.142. The van der Waals surface area contributed by atoms with Gasteiger partial charge in [0.05, 0.1) is 5.41 Å². The summed E-state index contributed by atoms with van der Waals surface area (Å²) in [6.45, 7) is 2.36. The van der Waals surface area contributed by atoms with Crippen LogP contribution in [0.3, 0.4) is 0 Å². The van der Waals surface area contributed by atoms with Gasteiger partial charge in [0.1, 0.15) is 0 Å². The number of fused-ring (bicyclic) bond motifs is 1. The van der Waals surface area contributed by atoms with Gasteiger partial charge in [0, 0.05) is 51.9 Å². The van der Waals surface area contributed by atoms with E-state index in [4.69, 9.17) is 9.51 Å². The van der Waals surface area contributed by atoms with Crippen LogP contribution in [0.25, 0.3) is 0 Å². The maximum absolute atomic E-state index is 12.2. The van der Waals surface area contributed by atoms with Gasteiger partial charge in [-0.3, -0.25) is 18.8 Å². The van der Waals surface area contributed by atoms with E-state index in [0.29, 0.717) is 12.5 Å². The highest BCUT2D eigenvalue weighted by Crippen LogP contribution is 2.50. The Balaban J connectivity index is 1.39. The molecule has 0 aromatic carbocycles. The van der Waals surface area contributed by atoms with Crippen LogP contribution in [0.4, 0.5) is 0 Å². The molecule has 1 saturated heterocycles. The molecule has 0 bridgehead atoms. The summed E-state index contributed by atoms with van der Waals surface area (Å²) in [4.78, 5) is 31.4. The van der Waals surface area contributed by atoms with Gasteiger partial charge in [-0.1, -0.05) is 11.6 Å². The van der Waals surface area contributed by atoms with Gasteiger partial charge in [-0.05, 0) is 37.5 Å². The summed E-state index contributed by atoms with van der Waals surface area (Å²) in [6.07, 6.45) is 6.90. The zero-order valence-corrected chi connectivity index (χ0v) is 16.6. The SMILES string of the molecule is Cn1c(CN2C[C@H]3CCC[C@@]3(c3nc(CC4CC4)no3)C2)cc(=O)n(C)c1=O. The highest BCUT2D eigenvalue weighted by molar-refractivity contribution is 5.18. The quantitative estimate of drug-likeness (QED) is 0.762. The molecule has 5 rings (SSSR count). The van der Waals surface area contributed by atoms with E-state index >= 15 is 0 Å². The maximum Gasteiger partial charge on any atom is 0.330 e. The molecule has 3 fully saturated rings. The normalized spacial score (nSPS) is 27.4. The van der Waals surface area contributed by atoms with Gasteiger partial charge >= 0.3 is 5.69 Å². The van der Waals surface area contributed by atoms with Crippen molar-refractivity contribution in [1.82, 2.24) is 24.2 Å². The molecule has 0 N–H and O–H groups in total. The molecule has 3 heterocycles. The molecular weight excluding hydrogens is 358 g/mol. The van der Waals surface area contributed by atoms with Crippen LogP contribution in [0, 0.1) is 11.8 Å². The summed E-state index contributed by atoms with van der Waals surface area (Å²) in [5.74, 6) is 2.88. The molecule has 2 atom stereocenters. The predicted octanol–water partition coefficient (Wildman–Crippen LogP) is 0.973. The summed E-state index contributed by atoms with van der Waals surface area (Å²) in [6, 6.07) is 1.57. The Kier molecular flexibility index (Phi) is 4.08. The molecule has 2 aromatic heterocycles. The number of aromatic nitrogens is 4. The van der Waals surface area contributed by atoms with Crippen LogP contribution >= 0.6 is 0 Å². The van der Waals surface area contributed by atoms with Crippen LogP contribution in [-0.4, -0.2) is 37.3 Å². The van der Waals surface area contributed by atoms with Gasteiger partial charge in [0.25, 0.3) is 5.56 Å². The molecule has 8 heteroatoms. The van der Waals surface area contributed by atoms with Gasteiger partial charge in [-0.2, -0.15) is 4.98 Å². The minimum Gasteiger partial charge on any atom is -0.339 e. The van der Waals surface area contributed by atoms with Crippen LogP contribution < -0.4 is 11.2 Å². The second kappa shape index (κ2) is 6.40. The first-order valence-corrected chi connectivity index (χ1v) is 10.3. The van der Waals surface area contributed by atoms with Gasteiger partial charge in [-0.25, -0.2) is 4.79 Å². The van der Waals surface area contributed by atoms with Gasteiger partial charge < -0.3 is 4.52 Å². The molecule has 2 aliphatic carbocycles. The number of rotatable bonds is 5. The summed E-state index contributed by atoms with van der Waals surface area (Å²) in [7, 11) is 3.24. The number of likely N-dealkylation sites (tertiary alicyclic amines) is 1. The topological polar surface area (TPSA) is 86.2 Å². The monoisotopic (exact) mass is 385 g/mol. The first-order chi connectivity index (χ1) is 13.5. The molecule has 150 valence electrons. The Morgan fingerprint density at radius 1 is 1.21 bits per heavy atom. The van der Waals surface area contributed by atoms with Gasteiger partial charge in [0.15, 0.2) is 5.82 Å². The van der Waals surface area contributed by atoms with Crippen LogP contribution in [0.2, 0.25) is 0 Å². The van der Waals surface area contributed by atoms with E-state index < -0.39 is 0 Å². The van der Waals surface area contributed by atoms with Gasteiger partial charge in [-0.15, -0.1) is 0 Å². The molecule has 2 aromatic rings. The van der Waals surface area contributed by atoms with E-state index in [1.807, 2.05) is 0 Å². The Morgan fingerprint density at radius 3 is 2.82 bits per heavy atom. The van der Waals surface area contributed by atoms with Crippen LogP contribution in [0.1, 0.15) is 49.5 Å². The van der Waals surface area contributed by atoms with Crippen molar-refractivity contribution in [2.45, 2.75) is 50.5 Å². The Labute approximate surface area is 163 Å². The summed E-state index contributed by atoms with van der Waals surface area (Å²) >= 11 is 0. The zero-order chi connectivity index (χ0) is 19.5. The highest BCUT2D eigenvalue weighted by Gasteiger charge is 2.54. The van der Waals surface area contributed by atoms with E-state index in [9.17, 15) is 9.59 Å². The van der Waals surface area contributed by atoms with Crippen molar-refractivity contribution < 1.29 is 4.52 Å². The fourth-order valence-corrected chi connectivity index (χ4v) is 5.14. The van der Waals surface area contributed by atoms with Crippen molar-refractivity contribution in [2.24, 2.45) is 25.9 Å². The lowest BCUT2D eigenvalue weighted by molar-refractivity contribution is 0.242. The van der Waals surface area contributed by atoms with Crippen LogP contribution in [-0.2, 0) is 32.5 Å². The van der Waals surface area contributed by atoms with E-state index in [0.717, 1.165) is 60.2 Å². The average molecular weight is 385 g/mol. The molecule has 0 spiro atoms. The molecule has 2 saturated carbocycles. The maximum atomic E-state index is 12.2. The standard InChI is InChI=1S/C20H27N5O3/c1-23-15(9-17(26)24(2)19(23)27)11-25-10-14-4-3-7-20(14,12-25)18-21-16(22-28-18)8-13-5-6-13/h9,13-14H,3-8,10-12H2,1-2H3/t14-,20-/m1/s1. The minimum absolute atomic E-state index is 0.0760. The lowest BCUT2D eigenvalue weighted by Crippen LogP contribution is -2.39. The smallest absolute Gasteiger partial charge is 0.330 e. The number of nitrogens with zero attached hydrogens (tertiary/aromatic N) is 5. The third-order valence-electron chi connectivity index (χ3n) is 7.01. The molecular formula is C20H27N5O3. The molecule has 28 heavy (non-hydrogen) atoms. The van der Waals surface area contributed by atoms with Crippen molar-refractivity contribution in [3.63, 3.8) is 0 Å². The van der Waals surface area contributed by atoms with Crippen molar-refractivity contribution in [3.8, 4) is 0 Å². The molecule has 0 unspecified atom stereocenters. The summed E-state index contributed by atoms with van der Waals surface area (Å²) < 4.78 is 8.48. The lowest BCUT2D eigenvalue weighted by Gasteiger charge is -2.24. The molecule has 1 aliphatic heterocycles. The Bertz CT molecular complexity index is 1020. The third kappa shape index (κ3) is 2.85. The molecule has 8 nitrogen and oxygen atoms in total. The van der Waals surface area contributed by atoms with E-state index in [1.165, 1.54) is 26.3 Å². The first kappa shape index (κ1) is 17.8. The second-order valence-electron chi connectivity index (χ2n) is 8.95. The zero-order valence-electron chi connectivity index (χ0n) is 16.6. The van der Waals surface area contributed by atoms with Gasteiger partial charge in [0.2, 0.25) is 5.89 Å². The highest BCUT2D eigenvalue weighted by atomic mass is 16.5. The molecule has 0 radical (unpaired) electrons. The predicted molar refractivity (Wildman–Crippen MR) is 102 cm³/mol. The third-order valence-corrected chi connectivity index (χ3v) is 7.01. The molecule has 3 aliphatic rings. The van der Waals surface area contributed by atoms with E-state index in [-0.39, 0.29) is 16.7 Å². The minimum atomic E-state index is -0.279. The summed E-state index contributed by atoms with van der Waals surface area (Å²) in [5, 5.41) is 4.26. The first-order valence-electron chi connectivity index (χ1n) is 10.3. The Hall–Kier alpha value is -2.22. The van der Waals surface area contributed by atoms with Crippen LogP contribution in [0.5, 0.6) is 0 Å². The van der Waals surface area contributed by atoms with Crippen LogP contribution in [0.15, 0.2) is 20.2 Å². The van der Waals surface area contributed by atoms with Crippen molar-refractivity contribution in [2.75, 3.05) is 13.1 Å². The van der Waals surface area contributed by atoms with Crippen molar-refractivity contribution in [1.29, 1.82) is 0 Å². The fourth-order valence-electron chi connectivity index (χ4n) is 5.14. The Morgan fingerprint density at radius 2 is 2.04 bits per heavy atom. The second-order valence-corrected chi connectivity index (χ2v) is 8.95. The number of hydrogen-bond acceptors (Lipinski definition) is 6. The largest absolute Gasteiger partial charge is 0.339 e. The molecule has 0 amide bonds.